The summed E-state index contributed by atoms with van der Waals surface area (Å²) < 4.78 is 5.44. The number of piperazine rings is 1. The molecule has 3 N–H and O–H groups in total. The van der Waals surface area contributed by atoms with Gasteiger partial charge in [0.2, 0.25) is 11.9 Å². The van der Waals surface area contributed by atoms with Crippen molar-refractivity contribution in [1.82, 2.24) is 25.1 Å². The third-order valence-electron chi connectivity index (χ3n) is 9.24. The summed E-state index contributed by atoms with van der Waals surface area (Å²) in [6.45, 7) is 9.95. The average molecular weight is 648 g/mol. The molecule has 6 rings (SSSR count). The van der Waals surface area contributed by atoms with Gasteiger partial charge in [-0.3, -0.25) is 14.5 Å². The maximum Gasteiger partial charge on any atom is 0.255 e. The number of carbonyl (C=O) groups excluding carboxylic acids is 2. The highest BCUT2D eigenvalue weighted by Crippen LogP contribution is 2.33. The smallest absolute Gasteiger partial charge is 0.255 e. The van der Waals surface area contributed by atoms with E-state index >= 15 is 0 Å². The van der Waals surface area contributed by atoms with Crippen molar-refractivity contribution in [3.8, 4) is 11.3 Å². The summed E-state index contributed by atoms with van der Waals surface area (Å²) in [6.07, 6.45) is 3.34. The van der Waals surface area contributed by atoms with Crippen molar-refractivity contribution in [2.45, 2.75) is 51.4 Å². The van der Waals surface area contributed by atoms with Gasteiger partial charge >= 0.3 is 0 Å². The van der Waals surface area contributed by atoms with Crippen LogP contribution >= 0.6 is 11.6 Å². The number of nitrogens with zero attached hydrogens (tertiary/aromatic N) is 5. The van der Waals surface area contributed by atoms with Crippen LogP contribution in [-0.2, 0) is 16.1 Å². The second kappa shape index (κ2) is 14.3. The molecule has 46 heavy (non-hydrogen) atoms. The highest BCUT2D eigenvalue weighted by Gasteiger charge is 2.35. The zero-order chi connectivity index (χ0) is 32.2. The van der Waals surface area contributed by atoms with Crippen LogP contribution in [0.5, 0.6) is 0 Å². The fourth-order valence-electron chi connectivity index (χ4n) is 6.37. The van der Waals surface area contributed by atoms with Gasteiger partial charge in [-0.2, -0.15) is 0 Å². The van der Waals surface area contributed by atoms with Crippen LogP contribution in [0.2, 0.25) is 5.02 Å². The molecular weight excluding hydrogens is 606 g/mol. The maximum atomic E-state index is 13.6. The number of aliphatic hydroxyl groups excluding tert-OH is 1. The van der Waals surface area contributed by atoms with Crippen molar-refractivity contribution in [3.63, 3.8) is 0 Å². The largest absolute Gasteiger partial charge is 0.395 e. The summed E-state index contributed by atoms with van der Waals surface area (Å²) in [7, 11) is 0. The molecule has 2 amide bonds. The lowest BCUT2D eigenvalue weighted by molar-refractivity contribution is -0.125. The number of aliphatic hydroxyl groups is 1. The molecule has 1 aromatic heterocycles. The number of β-amino-alcohol motifs (C(OH)–C–C–N with tert-alkyl or cyclic N) is 1. The summed E-state index contributed by atoms with van der Waals surface area (Å²) in [5.41, 5.74) is 4.80. The van der Waals surface area contributed by atoms with Gasteiger partial charge in [-0.05, 0) is 56.0 Å². The molecule has 0 saturated carbocycles. The normalized spacial score (nSPS) is 18.7. The first-order valence-corrected chi connectivity index (χ1v) is 16.5. The van der Waals surface area contributed by atoms with E-state index in [1.807, 2.05) is 37.3 Å². The molecule has 0 aliphatic carbocycles. The van der Waals surface area contributed by atoms with Gasteiger partial charge in [0.15, 0.2) is 0 Å². The molecule has 0 bridgehead atoms. The summed E-state index contributed by atoms with van der Waals surface area (Å²) in [6, 6.07) is 13.2. The molecule has 11 nitrogen and oxygen atoms in total. The number of halogens is 1. The Balaban J connectivity index is 1.09. The number of benzene rings is 2. The Morgan fingerprint density at radius 3 is 2.65 bits per heavy atom. The topological polar surface area (TPSA) is 123 Å². The van der Waals surface area contributed by atoms with Gasteiger partial charge in [-0.1, -0.05) is 35.9 Å². The molecule has 2 atom stereocenters. The molecule has 3 aliphatic rings. The number of anilines is 2. The third kappa shape index (κ3) is 7.12. The first-order chi connectivity index (χ1) is 22.3. The first kappa shape index (κ1) is 32.2. The van der Waals surface area contributed by atoms with Crippen LogP contribution in [-0.4, -0.2) is 101 Å². The number of hydrogen-bond acceptors (Lipinski definition) is 9. The van der Waals surface area contributed by atoms with Crippen molar-refractivity contribution in [2.24, 2.45) is 0 Å². The molecule has 0 spiro atoms. The number of aromatic nitrogens is 2. The third-order valence-corrected chi connectivity index (χ3v) is 9.52. The van der Waals surface area contributed by atoms with Gasteiger partial charge in [-0.25, -0.2) is 9.97 Å². The average Bonchev–Trinajstić information content (AvgIpc) is 3.41. The Kier molecular flexibility index (Phi) is 10.0. The van der Waals surface area contributed by atoms with E-state index in [-0.39, 0.29) is 30.5 Å². The van der Waals surface area contributed by atoms with Crippen LogP contribution in [0, 0.1) is 0 Å². The van der Waals surface area contributed by atoms with Gasteiger partial charge in [0.1, 0.15) is 6.04 Å². The fraction of sp³-hybridized carbons (Fsp3) is 0.471. The quantitative estimate of drug-likeness (QED) is 0.302. The molecule has 3 aromatic rings. The Morgan fingerprint density at radius 2 is 1.89 bits per heavy atom. The second-order valence-electron chi connectivity index (χ2n) is 12.3. The first-order valence-electron chi connectivity index (χ1n) is 16.1. The van der Waals surface area contributed by atoms with Gasteiger partial charge in [0.25, 0.3) is 5.91 Å². The molecular formula is C34H42ClN7O4. The molecule has 2 unspecified atom stereocenters. The van der Waals surface area contributed by atoms with E-state index in [0.29, 0.717) is 48.5 Å². The highest BCUT2D eigenvalue weighted by molar-refractivity contribution is 6.33. The molecule has 2 saturated heterocycles. The van der Waals surface area contributed by atoms with Crippen molar-refractivity contribution >= 4 is 35.1 Å². The number of nitrogens with one attached hydrogen (secondary N) is 2. The van der Waals surface area contributed by atoms with Gasteiger partial charge in [-0.15, -0.1) is 0 Å². The van der Waals surface area contributed by atoms with E-state index in [2.05, 4.69) is 42.5 Å². The number of fused-ring (bicyclic) bond motifs is 1. The van der Waals surface area contributed by atoms with Gasteiger partial charge in [0.05, 0.1) is 29.6 Å². The van der Waals surface area contributed by atoms with E-state index in [4.69, 9.17) is 16.3 Å². The monoisotopic (exact) mass is 647 g/mol. The maximum absolute atomic E-state index is 13.6. The van der Waals surface area contributed by atoms with Crippen molar-refractivity contribution in [1.29, 1.82) is 0 Å². The lowest BCUT2D eigenvalue weighted by atomic mass is 10.0. The van der Waals surface area contributed by atoms with Crippen LogP contribution in [0.25, 0.3) is 11.3 Å². The predicted molar refractivity (Wildman–Crippen MR) is 178 cm³/mol. The van der Waals surface area contributed by atoms with E-state index in [1.165, 1.54) is 0 Å². The van der Waals surface area contributed by atoms with Crippen molar-refractivity contribution in [2.75, 3.05) is 62.8 Å². The van der Waals surface area contributed by atoms with E-state index in [0.717, 1.165) is 61.4 Å². The van der Waals surface area contributed by atoms with Crippen molar-refractivity contribution < 1.29 is 19.4 Å². The number of hydrogen-bond donors (Lipinski definition) is 3. The van der Waals surface area contributed by atoms with E-state index in [9.17, 15) is 14.7 Å². The minimum absolute atomic E-state index is 0.176. The number of carbonyl (C=O) groups is 2. The number of ether oxygens (including phenoxy) is 1. The number of rotatable bonds is 10. The molecule has 0 radical (unpaired) electrons. The molecule has 2 aromatic carbocycles. The van der Waals surface area contributed by atoms with Crippen LogP contribution in [0.15, 0.2) is 48.7 Å². The molecule has 12 heteroatoms. The zero-order valence-corrected chi connectivity index (χ0v) is 27.2. The Bertz CT molecular complexity index is 1560. The van der Waals surface area contributed by atoms with Crippen LogP contribution in [0.1, 0.15) is 54.2 Å². The molecule has 3 aliphatic heterocycles. The van der Waals surface area contributed by atoms with Gasteiger partial charge < -0.3 is 30.3 Å². The van der Waals surface area contributed by atoms with Crippen LogP contribution < -0.4 is 15.5 Å². The minimum atomic E-state index is -0.661. The van der Waals surface area contributed by atoms with Crippen molar-refractivity contribution in [3.05, 3.63) is 70.4 Å². The van der Waals surface area contributed by atoms with Crippen LogP contribution in [0.3, 0.4) is 0 Å². The van der Waals surface area contributed by atoms with Crippen LogP contribution in [0.4, 0.5) is 11.6 Å². The fourth-order valence-corrected chi connectivity index (χ4v) is 6.57. The predicted octanol–water partition coefficient (Wildman–Crippen LogP) is 3.72. The van der Waals surface area contributed by atoms with E-state index in [1.54, 1.807) is 18.0 Å². The number of amides is 2. The summed E-state index contributed by atoms with van der Waals surface area (Å²) >= 11 is 6.52. The van der Waals surface area contributed by atoms with E-state index < -0.39 is 6.04 Å². The lowest BCUT2D eigenvalue weighted by Crippen LogP contribution is -2.47. The standard InChI is InChI=1S/C34H42ClN7O4/c1-22(24-4-3-5-28(18-24)41-12-10-40(11-13-41)14-15-43)37-32(44)23(2)42-21-26-7-6-25(19-29(26)33(42)45)31-30(35)20-36-34(39-31)38-27-8-16-46-17-9-27/h3-7,18-20,22-23,27,43H,8-17,21H2,1-2H3,(H,37,44)(H,36,38,39). The molecule has 2 fully saturated rings. The zero-order valence-electron chi connectivity index (χ0n) is 26.4. The summed E-state index contributed by atoms with van der Waals surface area (Å²) in [4.78, 5) is 42.3. The Hall–Kier alpha value is -3.77. The summed E-state index contributed by atoms with van der Waals surface area (Å²) in [5.74, 6) is 0.0881. The molecule has 244 valence electrons. The Morgan fingerprint density at radius 1 is 1.11 bits per heavy atom. The second-order valence-corrected chi connectivity index (χ2v) is 12.7. The minimum Gasteiger partial charge on any atom is -0.395 e. The lowest BCUT2D eigenvalue weighted by Gasteiger charge is -2.36. The Labute approximate surface area is 274 Å². The molecule has 4 heterocycles. The SMILES string of the molecule is CC(NC(=O)C(C)N1Cc2ccc(-c3nc(NC4CCOCC4)ncc3Cl)cc2C1=O)c1cccc(N2CCN(CCO)CC2)c1. The van der Waals surface area contributed by atoms with Gasteiger partial charge in [0, 0.05) is 75.3 Å². The highest BCUT2D eigenvalue weighted by atomic mass is 35.5. The summed E-state index contributed by atoms with van der Waals surface area (Å²) in [5, 5.41) is 16.1.